The Morgan fingerprint density at radius 1 is 1.00 bits per heavy atom. The quantitative estimate of drug-likeness (QED) is 0.499. The average Bonchev–Trinajstić information content (AvgIpc) is 2.52. The predicted molar refractivity (Wildman–Crippen MR) is 81.0 cm³/mol. The first-order valence-electron chi connectivity index (χ1n) is 8.27. The molecule has 0 aliphatic heterocycles. The molecule has 4 unspecified atom stereocenters. The normalized spacial score (nSPS) is 37.1. The van der Waals surface area contributed by atoms with Crippen molar-refractivity contribution < 1.29 is 0 Å². The van der Waals surface area contributed by atoms with Crippen molar-refractivity contribution in [2.24, 2.45) is 28.8 Å². The summed E-state index contributed by atoms with van der Waals surface area (Å²) >= 11 is 0. The average molecular weight is 263 g/mol. The summed E-state index contributed by atoms with van der Waals surface area (Å²) in [4.78, 5) is 10.3. The fourth-order valence-electron chi connectivity index (χ4n) is 3.93. The van der Waals surface area contributed by atoms with Gasteiger partial charge in [0.1, 0.15) is 0 Å². The van der Waals surface area contributed by atoms with Crippen LogP contribution < -0.4 is 0 Å². The van der Waals surface area contributed by atoms with E-state index in [1.54, 1.807) is 0 Å². The van der Waals surface area contributed by atoms with Crippen LogP contribution in [0.15, 0.2) is 17.3 Å². The molecule has 2 aliphatic carbocycles. The molecule has 1 saturated carbocycles. The van der Waals surface area contributed by atoms with Gasteiger partial charge in [-0.25, -0.2) is 0 Å². The van der Waals surface area contributed by atoms with Crippen LogP contribution in [0.1, 0.15) is 64.7 Å². The van der Waals surface area contributed by atoms with E-state index in [0.29, 0.717) is 12.5 Å². The number of allylic oxidation sites excluding steroid dienone is 1. The maximum atomic E-state index is 10.3. The van der Waals surface area contributed by atoms with Crippen molar-refractivity contribution in [1.29, 1.82) is 0 Å². The van der Waals surface area contributed by atoms with Gasteiger partial charge in [-0.3, -0.25) is 0 Å². The first kappa shape index (κ1) is 14.7. The summed E-state index contributed by atoms with van der Waals surface area (Å²) in [5, 5.41) is 3.05. The SMILES string of the molecule is CC1CCCCCCC(C2C=CC(CN=O)CC2)C1. The van der Waals surface area contributed by atoms with Crippen LogP contribution in [0.2, 0.25) is 0 Å². The third-order valence-electron chi connectivity index (χ3n) is 5.14. The summed E-state index contributed by atoms with van der Waals surface area (Å²) < 4.78 is 0. The van der Waals surface area contributed by atoms with Gasteiger partial charge in [0.05, 0.1) is 6.54 Å². The number of hydrogen-bond donors (Lipinski definition) is 0. The lowest BCUT2D eigenvalue weighted by Crippen LogP contribution is -2.20. The monoisotopic (exact) mass is 263 g/mol. The Labute approximate surface area is 118 Å². The molecule has 19 heavy (non-hydrogen) atoms. The number of hydrogen-bond acceptors (Lipinski definition) is 2. The van der Waals surface area contributed by atoms with Gasteiger partial charge in [0.15, 0.2) is 0 Å². The van der Waals surface area contributed by atoms with Crippen molar-refractivity contribution in [1.82, 2.24) is 0 Å². The molecule has 4 atom stereocenters. The first-order valence-corrected chi connectivity index (χ1v) is 8.27. The van der Waals surface area contributed by atoms with Crippen molar-refractivity contribution in [3.05, 3.63) is 17.1 Å². The zero-order valence-electron chi connectivity index (χ0n) is 12.4. The molecule has 2 aliphatic rings. The number of nitrogens with zero attached hydrogens (tertiary/aromatic N) is 1. The molecule has 0 amide bonds. The van der Waals surface area contributed by atoms with Crippen LogP contribution in [0.4, 0.5) is 0 Å². The Bertz CT molecular complexity index is 300. The van der Waals surface area contributed by atoms with E-state index in [1.807, 2.05) is 0 Å². The lowest BCUT2D eigenvalue weighted by molar-refractivity contribution is 0.262. The van der Waals surface area contributed by atoms with E-state index in [4.69, 9.17) is 0 Å². The fraction of sp³-hybridized carbons (Fsp3) is 0.882. The maximum Gasteiger partial charge on any atom is 0.0873 e. The summed E-state index contributed by atoms with van der Waals surface area (Å²) in [6.45, 7) is 2.91. The molecule has 0 radical (unpaired) electrons. The van der Waals surface area contributed by atoms with E-state index >= 15 is 0 Å². The first-order chi connectivity index (χ1) is 9.29. The van der Waals surface area contributed by atoms with Gasteiger partial charge >= 0.3 is 0 Å². The highest BCUT2D eigenvalue weighted by Crippen LogP contribution is 2.36. The van der Waals surface area contributed by atoms with Crippen molar-refractivity contribution in [3.8, 4) is 0 Å². The topological polar surface area (TPSA) is 29.4 Å². The molecule has 0 aromatic rings. The van der Waals surface area contributed by atoms with Crippen LogP contribution in [0, 0.1) is 28.6 Å². The molecule has 0 saturated heterocycles. The molecule has 2 nitrogen and oxygen atoms in total. The molecule has 0 aromatic heterocycles. The molecule has 2 heteroatoms. The molecule has 2 rings (SSSR count). The molecule has 0 aromatic carbocycles. The highest BCUT2D eigenvalue weighted by molar-refractivity contribution is 5.00. The van der Waals surface area contributed by atoms with Crippen LogP contribution in [0.5, 0.6) is 0 Å². The second-order valence-corrected chi connectivity index (χ2v) is 6.79. The van der Waals surface area contributed by atoms with Gasteiger partial charge in [-0.05, 0) is 49.4 Å². The predicted octanol–water partition coefficient (Wildman–Crippen LogP) is 5.33. The van der Waals surface area contributed by atoms with Gasteiger partial charge < -0.3 is 0 Å². The maximum absolute atomic E-state index is 10.3. The van der Waals surface area contributed by atoms with Crippen molar-refractivity contribution >= 4 is 0 Å². The van der Waals surface area contributed by atoms with Gasteiger partial charge in [0, 0.05) is 0 Å². The second kappa shape index (κ2) is 7.81. The molecule has 1 fully saturated rings. The molecule has 0 bridgehead atoms. The molecule has 108 valence electrons. The van der Waals surface area contributed by atoms with Gasteiger partial charge in [-0.1, -0.05) is 56.4 Å². The third kappa shape index (κ3) is 4.74. The van der Waals surface area contributed by atoms with E-state index in [1.165, 1.54) is 51.4 Å². The summed E-state index contributed by atoms with van der Waals surface area (Å²) in [6, 6.07) is 0. The lowest BCUT2D eigenvalue weighted by Gasteiger charge is -2.30. The lowest BCUT2D eigenvalue weighted by atomic mass is 9.75. The van der Waals surface area contributed by atoms with Crippen molar-refractivity contribution in [2.45, 2.75) is 64.7 Å². The van der Waals surface area contributed by atoms with E-state index in [2.05, 4.69) is 24.3 Å². The largest absolute Gasteiger partial charge is 0.151 e. The fourth-order valence-corrected chi connectivity index (χ4v) is 3.93. The van der Waals surface area contributed by atoms with Crippen molar-refractivity contribution in [2.75, 3.05) is 6.54 Å². The molecule has 0 heterocycles. The Morgan fingerprint density at radius 3 is 2.47 bits per heavy atom. The highest BCUT2D eigenvalue weighted by atomic mass is 16.3. The van der Waals surface area contributed by atoms with Crippen LogP contribution in [-0.2, 0) is 0 Å². The van der Waals surface area contributed by atoms with Crippen molar-refractivity contribution in [3.63, 3.8) is 0 Å². The zero-order chi connectivity index (χ0) is 13.5. The molecule has 0 N–H and O–H groups in total. The Hall–Kier alpha value is -0.660. The summed E-state index contributed by atoms with van der Waals surface area (Å²) in [5.41, 5.74) is 0. The standard InChI is InChI=1S/C17H29NO/c1-14-6-4-2-3-5-7-17(12-14)16-10-8-15(9-11-16)13-18-19/h8,10,14-17H,2-7,9,11-13H2,1H3. The third-order valence-corrected chi connectivity index (χ3v) is 5.14. The van der Waals surface area contributed by atoms with Crippen LogP contribution >= 0.6 is 0 Å². The minimum Gasteiger partial charge on any atom is -0.151 e. The zero-order valence-corrected chi connectivity index (χ0v) is 12.4. The Kier molecular flexibility index (Phi) is 6.06. The second-order valence-electron chi connectivity index (χ2n) is 6.79. The van der Waals surface area contributed by atoms with Crippen LogP contribution in [0.25, 0.3) is 0 Å². The molecular formula is C17H29NO. The van der Waals surface area contributed by atoms with E-state index < -0.39 is 0 Å². The molecular weight excluding hydrogens is 234 g/mol. The molecule has 0 spiro atoms. The number of nitroso groups, excluding NO2 is 1. The highest BCUT2D eigenvalue weighted by Gasteiger charge is 2.25. The Balaban J connectivity index is 1.91. The minimum absolute atomic E-state index is 0.419. The van der Waals surface area contributed by atoms with Gasteiger partial charge in [-0.15, -0.1) is 0 Å². The van der Waals surface area contributed by atoms with Gasteiger partial charge in [-0.2, -0.15) is 4.91 Å². The van der Waals surface area contributed by atoms with E-state index in [-0.39, 0.29) is 0 Å². The van der Waals surface area contributed by atoms with Crippen LogP contribution in [0.3, 0.4) is 0 Å². The summed E-state index contributed by atoms with van der Waals surface area (Å²) in [6.07, 6.45) is 17.1. The van der Waals surface area contributed by atoms with Gasteiger partial charge in [0.2, 0.25) is 0 Å². The minimum atomic E-state index is 0.419. The Morgan fingerprint density at radius 2 is 1.79 bits per heavy atom. The number of rotatable bonds is 3. The van der Waals surface area contributed by atoms with E-state index in [0.717, 1.165) is 24.2 Å². The summed E-state index contributed by atoms with van der Waals surface area (Å²) in [7, 11) is 0. The summed E-state index contributed by atoms with van der Waals surface area (Å²) in [5.74, 6) is 2.96. The van der Waals surface area contributed by atoms with Crippen LogP contribution in [-0.4, -0.2) is 6.54 Å². The van der Waals surface area contributed by atoms with Gasteiger partial charge in [0.25, 0.3) is 0 Å². The smallest absolute Gasteiger partial charge is 0.0873 e. The van der Waals surface area contributed by atoms with E-state index in [9.17, 15) is 4.91 Å².